The number of halogens is 2. The van der Waals surface area contributed by atoms with E-state index in [1.807, 2.05) is 43.5 Å². The van der Waals surface area contributed by atoms with Crippen LogP contribution in [0.4, 0.5) is 11.4 Å². The summed E-state index contributed by atoms with van der Waals surface area (Å²) in [6.45, 7) is 10.7. The van der Waals surface area contributed by atoms with Crippen molar-refractivity contribution in [3.63, 3.8) is 0 Å². The summed E-state index contributed by atoms with van der Waals surface area (Å²) >= 11 is 17.6. The number of nitrogens with zero attached hydrogens (tertiary/aromatic N) is 3. The number of hydrogen-bond donors (Lipinski definition) is 2. The van der Waals surface area contributed by atoms with E-state index in [-0.39, 0.29) is 12.5 Å². The molecule has 2 aromatic carbocycles. The molecule has 0 bridgehead atoms. The van der Waals surface area contributed by atoms with E-state index in [1.165, 1.54) is 4.68 Å². The average molecular weight is 490 g/mol. The monoisotopic (exact) mass is 489 g/mol. The van der Waals surface area contributed by atoms with Crippen LogP contribution in [0.3, 0.4) is 0 Å². The molecule has 0 unspecified atom stereocenters. The highest BCUT2D eigenvalue weighted by molar-refractivity contribution is 7.71. The van der Waals surface area contributed by atoms with Crippen LogP contribution in [0.1, 0.15) is 22.5 Å². The molecule has 1 amide bonds. The molecule has 6 nitrogen and oxygen atoms in total. The lowest BCUT2D eigenvalue weighted by Gasteiger charge is -2.12. The second-order valence-corrected chi connectivity index (χ2v) is 8.74. The van der Waals surface area contributed by atoms with Crippen LogP contribution >= 0.6 is 35.4 Å². The number of carbonyl (C=O) groups excluding carboxylic acids is 1. The van der Waals surface area contributed by atoms with Crippen molar-refractivity contribution in [2.45, 2.75) is 40.4 Å². The molecule has 0 atom stereocenters. The predicted molar refractivity (Wildman–Crippen MR) is 134 cm³/mol. The SMILES string of the molecule is C=CCn1c(CNc2ccc(Cl)c(Cl)c2)nn(CC(=O)Nc2c(C)cc(C)cc2C)c1=S. The van der Waals surface area contributed by atoms with Crippen molar-refractivity contribution in [2.75, 3.05) is 10.6 Å². The number of rotatable bonds is 8. The van der Waals surface area contributed by atoms with E-state index in [2.05, 4.69) is 22.3 Å². The molecule has 9 heteroatoms. The van der Waals surface area contributed by atoms with Crippen LogP contribution in [-0.2, 0) is 24.4 Å². The highest BCUT2D eigenvalue weighted by Gasteiger charge is 2.14. The molecule has 1 aromatic heterocycles. The first-order chi connectivity index (χ1) is 15.2. The number of allylic oxidation sites excluding steroid dienone is 1. The van der Waals surface area contributed by atoms with Crippen molar-refractivity contribution in [2.24, 2.45) is 0 Å². The number of hydrogen-bond acceptors (Lipinski definition) is 4. The maximum atomic E-state index is 12.8. The minimum Gasteiger partial charge on any atom is -0.378 e. The Labute approximate surface area is 202 Å². The molecule has 0 aliphatic rings. The van der Waals surface area contributed by atoms with Gasteiger partial charge in [-0.15, -0.1) is 6.58 Å². The standard InChI is InChI=1S/C23H25Cl2N5OS/c1-5-8-29-20(12-26-17-6-7-18(24)19(25)11-17)28-30(23(29)32)13-21(31)27-22-15(3)9-14(2)10-16(22)4/h5-7,9-11,26H,1,8,12-13H2,2-4H3,(H,27,31). The normalized spacial score (nSPS) is 10.8. The van der Waals surface area contributed by atoms with Crippen LogP contribution < -0.4 is 10.6 Å². The third kappa shape index (κ3) is 5.59. The van der Waals surface area contributed by atoms with Gasteiger partial charge in [0.15, 0.2) is 10.6 Å². The van der Waals surface area contributed by atoms with E-state index in [0.717, 1.165) is 28.1 Å². The summed E-state index contributed by atoms with van der Waals surface area (Å²) in [4.78, 5) is 12.8. The van der Waals surface area contributed by atoms with Crippen LogP contribution in [-0.4, -0.2) is 20.3 Å². The molecular weight excluding hydrogens is 465 g/mol. The Hall–Kier alpha value is -2.61. The lowest BCUT2D eigenvalue weighted by Crippen LogP contribution is -2.21. The van der Waals surface area contributed by atoms with E-state index >= 15 is 0 Å². The number of aryl methyl sites for hydroxylation is 3. The molecule has 0 spiro atoms. The first-order valence-electron chi connectivity index (χ1n) is 10.0. The van der Waals surface area contributed by atoms with E-state index in [0.29, 0.717) is 33.7 Å². The van der Waals surface area contributed by atoms with Gasteiger partial charge in [-0.1, -0.05) is 47.0 Å². The van der Waals surface area contributed by atoms with Crippen LogP contribution in [0.15, 0.2) is 43.0 Å². The topological polar surface area (TPSA) is 63.9 Å². The molecule has 2 N–H and O–H groups in total. The van der Waals surface area contributed by atoms with Crippen molar-refractivity contribution in [1.82, 2.24) is 14.3 Å². The van der Waals surface area contributed by atoms with Crippen molar-refractivity contribution in [3.05, 3.63) is 80.3 Å². The fourth-order valence-electron chi connectivity index (χ4n) is 3.51. The quantitative estimate of drug-likeness (QED) is 0.297. The maximum Gasteiger partial charge on any atom is 0.246 e. The van der Waals surface area contributed by atoms with Crippen LogP contribution in [0.25, 0.3) is 0 Å². The molecule has 3 rings (SSSR count). The fourth-order valence-corrected chi connectivity index (χ4v) is 4.09. The van der Waals surface area contributed by atoms with Gasteiger partial charge in [0.25, 0.3) is 0 Å². The molecule has 0 aliphatic heterocycles. The molecule has 3 aromatic rings. The summed E-state index contributed by atoms with van der Waals surface area (Å²) in [7, 11) is 0. The Morgan fingerprint density at radius 2 is 1.84 bits per heavy atom. The zero-order valence-corrected chi connectivity index (χ0v) is 20.5. The summed E-state index contributed by atoms with van der Waals surface area (Å²) in [6.07, 6.45) is 1.74. The number of anilines is 2. The highest BCUT2D eigenvalue weighted by Crippen LogP contribution is 2.25. The second kappa shape index (κ2) is 10.3. The van der Waals surface area contributed by atoms with Crippen molar-refractivity contribution in [1.29, 1.82) is 0 Å². The highest BCUT2D eigenvalue weighted by atomic mass is 35.5. The lowest BCUT2D eigenvalue weighted by molar-refractivity contribution is -0.116. The van der Waals surface area contributed by atoms with E-state index < -0.39 is 0 Å². The number of benzene rings is 2. The summed E-state index contributed by atoms with van der Waals surface area (Å²) in [6, 6.07) is 9.38. The van der Waals surface area contributed by atoms with Crippen molar-refractivity contribution >= 4 is 52.7 Å². The molecule has 0 saturated heterocycles. The van der Waals surface area contributed by atoms with Crippen LogP contribution in [0.2, 0.25) is 10.0 Å². The summed E-state index contributed by atoms with van der Waals surface area (Å²) < 4.78 is 3.81. The Morgan fingerprint density at radius 3 is 2.47 bits per heavy atom. The van der Waals surface area contributed by atoms with Crippen molar-refractivity contribution < 1.29 is 4.79 Å². The number of carbonyl (C=O) groups is 1. The third-order valence-corrected chi connectivity index (χ3v) is 6.09. The van der Waals surface area contributed by atoms with Crippen LogP contribution in [0.5, 0.6) is 0 Å². The zero-order chi connectivity index (χ0) is 23.4. The molecule has 0 radical (unpaired) electrons. The van der Waals surface area contributed by atoms with Gasteiger partial charge in [-0.2, -0.15) is 5.10 Å². The molecule has 1 heterocycles. The fraction of sp³-hybridized carbons (Fsp3) is 0.261. The molecule has 32 heavy (non-hydrogen) atoms. The van der Waals surface area contributed by atoms with Crippen molar-refractivity contribution in [3.8, 4) is 0 Å². The molecule has 168 valence electrons. The van der Waals surface area contributed by atoms with E-state index in [1.54, 1.807) is 18.2 Å². The smallest absolute Gasteiger partial charge is 0.246 e. The van der Waals surface area contributed by atoms with Gasteiger partial charge in [-0.3, -0.25) is 9.36 Å². The summed E-state index contributed by atoms with van der Waals surface area (Å²) in [5, 5.41) is 11.8. The van der Waals surface area contributed by atoms with E-state index in [9.17, 15) is 4.79 Å². The number of aromatic nitrogens is 3. The average Bonchev–Trinajstić information content (AvgIpc) is 3.01. The predicted octanol–water partition coefficient (Wildman–Crippen LogP) is 6.08. The van der Waals surface area contributed by atoms with Gasteiger partial charge < -0.3 is 10.6 Å². The minimum absolute atomic E-state index is 0.00943. The molecular formula is C23H25Cl2N5OS. The van der Waals surface area contributed by atoms with Gasteiger partial charge in [0.2, 0.25) is 5.91 Å². The Kier molecular flexibility index (Phi) is 7.77. The van der Waals surface area contributed by atoms with Gasteiger partial charge in [0.05, 0.1) is 16.6 Å². The van der Waals surface area contributed by atoms with Crippen LogP contribution in [0, 0.1) is 25.5 Å². The van der Waals surface area contributed by atoms with Gasteiger partial charge in [0.1, 0.15) is 6.54 Å². The second-order valence-electron chi connectivity index (χ2n) is 7.56. The van der Waals surface area contributed by atoms with Gasteiger partial charge in [-0.05, 0) is 62.3 Å². The summed E-state index contributed by atoms with van der Waals surface area (Å²) in [5.74, 6) is 0.486. The van der Waals surface area contributed by atoms with Gasteiger partial charge in [-0.25, -0.2) is 4.68 Å². The summed E-state index contributed by atoms with van der Waals surface area (Å²) in [5.41, 5.74) is 4.81. The molecule has 0 saturated carbocycles. The first kappa shape index (κ1) is 24.0. The maximum absolute atomic E-state index is 12.8. The van der Waals surface area contributed by atoms with Gasteiger partial charge >= 0.3 is 0 Å². The largest absolute Gasteiger partial charge is 0.378 e. The van der Waals surface area contributed by atoms with E-state index in [4.69, 9.17) is 35.4 Å². The first-order valence-corrected chi connectivity index (χ1v) is 11.2. The molecule has 0 aliphatic carbocycles. The Morgan fingerprint density at radius 1 is 1.16 bits per heavy atom. The zero-order valence-electron chi connectivity index (χ0n) is 18.2. The third-order valence-electron chi connectivity index (χ3n) is 4.92. The minimum atomic E-state index is -0.191. The number of nitrogens with one attached hydrogen (secondary N) is 2. The lowest BCUT2D eigenvalue weighted by atomic mass is 10.1. The molecule has 0 fully saturated rings. The number of amides is 1. The van der Waals surface area contributed by atoms with Gasteiger partial charge in [0, 0.05) is 17.9 Å². The Balaban J connectivity index is 1.78. The Bertz CT molecular complexity index is 1210.